The second-order valence-electron chi connectivity index (χ2n) is 9.45. The van der Waals surface area contributed by atoms with Gasteiger partial charge in [-0.05, 0) is 23.2 Å². The molecular weight excluding hydrogens is 304 g/mol. The zero-order valence-electron chi connectivity index (χ0n) is 16.0. The van der Waals surface area contributed by atoms with Crippen molar-refractivity contribution in [1.29, 1.82) is 0 Å². The molecule has 2 saturated heterocycles. The molecule has 2 aliphatic rings. The Morgan fingerprint density at radius 2 is 1.71 bits per heavy atom. The van der Waals surface area contributed by atoms with Gasteiger partial charge in [0.05, 0.1) is 5.92 Å². The SMILES string of the molecule is CC(C)(C)C1CCN(C(=O)CCN2C(=O)CC(C(C)(C)C)C2=O)C1. The highest BCUT2D eigenvalue weighted by atomic mass is 16.2. The predicted octanol–water partition coefficient (Wildman–Crippen LogP) is 2.69. The predicted molar refractivity (Wildman–Crippen MR) is 93.0 cm³/mol. The summed E-state index contributed by atoms with van der Waals surface area (Å²) in [4.78, 5) is 40.2. The third-order valence-electron chi connectivity index (χ3n) is 5.60. The average Bonchev–Trinajstić information content (AvgIpc) is 3.01. The van der Waals surface area contributed by atoms with Gasteiger partial charge in [-0.15, -0.1) is 0 Å². The van der Waals surface area contributed by atoms with E-state index in [0.717, 1.165) is 19.5 Å². The van der Waals surface area contributed by atoms with Crippen LogP contribution >= 0.6 is 0 Å². The molecule has 0 aliphatic carbocycles. The molecule has 2 aliphatic heterocycles. The topological polar surface area (TPSA) is 57.7 Å². The maximum absolute atomic E-state index is 12.5. The fraction of sp³-hybridized carbons (Fsp3) is 0.842. The zero-order chi connectivity index (χ0) is 18.3. The molecule has 0 aromatic heterocycles. The summed E-state index contributed by atoms with van der Waals surface area (Å²) in [6.45, 7) is 14.4. The Morgan fingerprint density at radius 3 is 2.17 bits per heavy atom. The number of likely N-dealkylation sites (tertiary alicyclic amines) is 2. The summed E-state index contributed by atoms with van der Waals surface area (Å²) in [6, 6.07) is 0. The molecule has 0 N–H and O–H groups in total. The first-order valence-electron chi connectivity index (χ1n) is 9.03. The van der Waals surface area contributed by atoms with Crippen LogP contribution in [0.5, 0.6) is 0 Å². The second-order valence-corrected chi connectivity index (χ2v) is 9.45. The number of carbonyl (C=O) groups is 3. The highest BCUT2D eigenvalue weighted by molar-refractivity contribution is 6.04. The number of nitrogens with zero attached hydrogens (tertiary/aromatic N) is 2. The van der Waals surface area contributed by atoms with Crippen LogP contribution in [-0.2, 0) is 14.4 Å². The Bertz CT molecular complexity index is 528. The van der Waals surface area contributed by atoms with Crippen molar-refractivity contribution in [2.45, 2.75) is 60.8 Å². The van der Waals surface area contributed by atoms with E-state index in [1.54, 1.807) is 0 Å². The monoisotopic (exact) mass is 336 g/mol. The van der Waals surface area contributed by atoms with Gasteiger partial charge in [0.25, 0.3) is 0 Å². The van der Waals surface area contributed by atoms with Crippen molar-refractivity contribution >= 4 is 17.7 Å². The van der Waals surface area contributed by atoms with Gasteiger partial charge in [-0.2, -0.15) is 0 Å². The Morgan fingerprint density at radius 1 is 1.08 bits per heavy atom. The van der Waals surface area contributed by atoms with Gasteiger partial charge >= 0.3 is 0 Å². The van der Waals surface area contributed by atoms with Crippen LogP contribution < -0.4 is 0 Å². The number of carbonyl (C=O) groups excluding carboxylic acids is 3. The minimum absolute atomic E-state index is 0.0570. The molecule has 2 rings (SSSR count). The van der Waals surface area contributed by atoms with E-state index in [1.165, 1.54) is 4.90 Å². The molecule has 0 aromatic rings. The van der Waals surface area contributed by atoms with Crippen LogP contribution in [0.3, 0.4) is 0 Å². The lowest BCUT2D eigenvalue weighted by Gasteiger charge is -2.27. The van der Waals surface area contributed by atoms with Crippen LogP contribution in [0, 0.1) is 22.7 Å². The van der Waals surface area contributed by atoms with Crippen molar-refractivity contribution in [3.8, 4) is 0 Å². The minimum atomic E-state index is -0.267. The van der Waals surface area contributed by atoms with Gasteiger partial charge < -0.3 is 4.90 Å². The van der Waals surface area contributed by atoms with Gasteiger partial charge in [-0.1, -0.05) is 41.5 Å². The quantitative estimate of drug-likeness (QED) is 0.745. The van der Waals surface area contributed by atoms with E-state index >= 15 is 0 Å². The van der Waals surface area contributed by atoms with E-state index < -0.39 is 0 Å². The number of hydrogen-bond donors (Lipinski definition) is 0. The molecule has 5 nitrogen and oxygen atoms in total. The second kappa shape index (κ2) is 6.49. The van der Waals surface area contributed by atoms with Gasteiger partial charge in [-0.25, -0.2) is 0 Å². The largest absolute Gasteiger partial charge is 0.342 e. The number of hydrogen-bond acceptors (Lipinski definition) is 3. The summed E-state index contributed by atoms with van der Waals surface area (Å²) in [6.07, 6.45) is 1.54. The van der Waals surface area contributed by atoms with Crippen molar-refractivity contribution in [1.82, 2.24) is 9.80 Å². The van der Waals surface area contributed by atoms with E-state index in [9.17, 15) is 14.4 Å². The summed E-state index contributed by atoms with van der Waals surface area (Å²) >= 11 is 0. The normalized spacial score (nSPS) is 25.8. The lowest BCUT2D eigenvalue weighted by atomic mass is 9.80. The number of rotatable bonds is 3. The van der Waals surface area contributed by atoms with Gasteiger partial charge in [-0.3, -0.25) is 19.3 Å². The van der Waals surface area contributed by atoms with E-state index in [0.29, 0.717) is 5.92 Å². The van der Waals surface area contributed by atoms with Crippen molar-refractivity contribution in [3.05, 3.63) is 0 Å². The van der Waals surface area contributed by atoms with Crippen LogP contribution in [0.1, 0.15) is 60.8 Å². The molecule has 24 heavy (non-hydrogen) atoms. The standard InChI is InChI=1S/C19H32N2O3/c1-18(2,3)13-7-9-20(12-13)15(22)8-10-21-16(23)11-14(17(21)24)19(4,5)6/h13-14H,7-12H2,1-6H3. The first-order valence-corrected chi connectivity index (χ1v) is 9.03. The Hall–Kier alpha value is -1.39. The van der Waals surface area contributed by atoms with Crippen LogP contribution in [-0.4, -0.2) is 47.2 Å². The molecule has 5 heteroatoms. The van der Waals surface area contributed by atoms with Crippen LogP contribution in [0.2, 0.25) is 0 Å². The molecule has 136 valence electrons. The molecule has 0 spiro atoms. The van der Waals surface area contributed by atoms with Crippen molar-refractivity contribution in [3.63, 3.8) is 0 Å². The summed E-state index contributed by atoms with van der Waals surface area (Å²) in [7, 11) is 0. The Balaban J connectivity index is 1.89. The number of imide groups is 1. The van der Waals surface area contributed by atoms with E-state index in [-0.39, 0.29) is 53.9 Å². The molecule has 2 fully saturated rings. The summed E-state index contributed by atoms with van der Waals surface area (Å²) in [5.74, 6) is 0.0523. The van der Waals surface area contributed by atoms with Gasteiger partial charge in [0.2, 0.25) is 17.7 Å². The van der Waals surface area contributed by atoms with Crippen molar-refractivity contribution in [2.24, 2.45) is 22.7 Å². The first-order chi connectivity index (χ1) is 10.9. The molecule has 0 bridgehead atoms. The highest BCUT2D eigenvalue weighted by Gasteiger charge is 2.44. The van der Waals surface area contributed by atoms with E-state index in [1.807, 2.05) is 25.7 Å². The molecule has 0 saturated carbocycles. The fourth-order valence-corrected chi connectivity index (χ4v) is 3.65. The van der Waals surface area contributed by atoms with Gasteiger partial charge in [0.1, 0.15) is 0 Å². The Kier molecular flexibility index (Phi) is 5.12. The van der Waals surface area contributed by atoms with E-state index in [4.69, 9.17) is 0 Å². The molecule has 2 heterocycles. The Labute approximate surface area is 145 Å². The summed E-state index contributed by atoms with van der Waals surface area (Å²) in [5, 5.41) is 0. The average molecular weight is 336 g/mol. The molecule has 2 unspecified atom stereocenters. The van der Waals surface area contributed by atoms with Crippen LogP contribution in [0.25, 0.3) is 0 Å². The first kappa shape index (κ1) is 18.9. The maximum Gasteiger partial charge on any atom is 0.233 e. The maximum atomic E-state index is 12.5. The molecule has 0 aromatic carbocycles. The van der Waals surface area contributed by atoms with Gasteiger partial charge in [0, 0.05) is 32.5 Å². The molecule has 0 radical (unpaired) electrons. The summed E-state index contributed by atoms with van der Waals surface area (Å²) in [5.41, 5.74) is -0.0176. The minimum Gasteiger partial charge on any atom is -0.342 e. The lowest BCUT2D eigenvalue weighted by Crippen LogP contribution is -2.38. The lowest BCUT2D eigenvalue weighted by molar-refractivity contribution is -0.141. The van der Waals surface area contributed by atoms with Crippen molar-refractivity contribution < 1.29 is 14.4 Å². The third-order valence-corrected chi connectivity index (χ3v) is 5.60. The molecule has 2 atom stereocenters. The summed E-state index contributed by atoms with van der Waals surface area (Å²) < 4.78 is 0. The van der Waals surface area contributed by atoms with Crippen LogP contribution in [0.15, 0.2) is 0 Å². The fourth-order valence-electron chi connectivity index (χ4n) is 3.65. The van der Waals surface area contributed by atoms with Crippen molar-refractivity contribution in [2.75, 3.05) is 19.6 Å². The highest BCUT2D eigenvalue weighted by Crippen LogP contribution is 2.36. The van der Waals surface area contributed by atoms with E-state index in [2.05, 4.69) is 20.8 Å². The third kappa shape index (κ3) is 3.98. The smallest absolute Gasteiger partial charge is 0.233 e. The number of amides is 3. The molecule has 3 amide bonds. The zero-order valence-corrected chi connectivity index (χ0v) is 16.0. The van der Waals surface area contributed by atoms with Crippen LogP contribution in [0.4, 0.5) is 0 Å². The van der Waals surface area contributed by atoms with Gasteiger partial charge in [0.15, 0.2) is 0 Å². The molecular formula is C19H32N2O3.